The zero-order chi connectivity index (χ0) is 42.8. The van der Waals surface area contributed by atoms with E-state index < -0.39 is 64.5 Å². The Hall–Kier alpha value is -2.89. The zero-order valence-corrected chi connectivity index (χ0v) is 36.5. The van der Waals surface area contributed by atoms with Gasteiger partial charge in [0.15, 0.2) is 6.10 Å². The van der Waals surface area contributed by atoms with E-state index in [-0.39, 0.29) is 12.8 Å². The topological polar surface area (TPSA) is 169 Å². The Kier molecular flexibility index (Phi) is 38.8. The maximum absolute atomic E-state index is 12.6. The highest BCUT2D eigenvalue weighted by atomic mass is 31.2. The number of aliphatic hydroxyl groups is 3. The molecular formula is C46H77O11P. The minimum absolute atomic E-state index is 0.0292. The van der Waals surface area contributed by atoms with Crippen molar-refractivity contribution in [3.05, 3.63) is 85.1 Å². The second-order valence-electron chi connectivity index (χ2n) is 14.2. The molecule has 0 aliphatic heterocycles. The molecule has 0 aromatic heterocycles. The molecule has 4 N–H and O–H groups in total. The van der Waals surface area contributed by atoms with Crippen LogP contribution in [-0.2, 0) is 32.7 Å². The molecule has 0 aromatic rings. The van der Waals surface area contributed by atoms with Gasteiger partial charge in [0, 0.05) is 12.8 Å². The van der Waals surface area contributed by atoms with Crippen molar-refractivity contribution in [3.8, 4) is 0 Å². The second kappa shape index (κ2) is 40.9. The van der Waals surface area contributed by atoms with E-state index in [1.165, 1.54) is 38.5 Å². The second-order valence-corrected chi connectivity index (χ2v) is 15.6. The van der Waals surface area contributed by atoms with E-state index >= 15 is 0 Å². The number of phosphoric ester groups is 1. The summed E-state index contributed by atoms with van der Waals surface area (Å²) in [4.78, 5) is 35.0. The zero-order valence-electron chi connectivity index (χ0n) is 35.6. The molecule has 0 saturated carbocycles. The number of hydrogen-bond acceptors (Lipinski definition) is 10. The van der Waals surface area contributed by atoms with E-state index in [9.17, 15) is 29.3 Å². The summed E-state index contributed by atoms with van der Waals surface area (Å²) in [7, 11) is -4.66. The molecule has 0 amide bonds. The molecule has 0 aromatic carbocycles. The number of ether oxygens (including phenoxy) is 2. The van der Waals surface area contributed by atoms with Gasteiger partial charge in [-0.15, -0.1) is 0 Å². The van der Waals surface area contributed by atoms with Crippen LogP contribution in [-0.4, -0.2) is 76.9 Å². The molecule has 0 rings (SSSR count). The third kappa shape index (κ3) is 39.9. The van der Waals surface area contributed by atoms with Gasteiger partial charge in [0.1, 0.15) is 12.7 Å². The molecule has 0 fully saturated rings. The van der Waals surface area contributed by atoms with Gasteiger partial charge >= 0.3 is 19.8 Å². The normalized spacial score (nSPS) is 15.2. The van der Waals surface area contributed by atoms with Crippen LogP contribution in [0.3, 0.4) is 0 Å². The Labute approximate surface area is 350 Å². The van der Waals surface area contributed by atoms with Gasteiger partial charge in [-0.1, -0.05) is 150 Å². The Balaban J connectivity index is 4.54. The maximum atomic E-state index is 12.6. The molecule has 0 aliphatic carbocycles. The van der Waals surface area contributed by atoms with Crippen molar-refractivity contribution in [1.29, 1.82) is 0 Å². The van der Waals surface area contributed by atoms with Crippen molar-refractivity contribution < 1.29 is 52.9 Å². The van der Waals surface area contributed by atoms with Crippen molar-refractivity contribution in [1.82, 2.24) is 0 Å². The number of carbonyl (C=O) groups is 2. The summed E-state index contributed by atoms with van der Waals surface area (Å²) in [5, 5.41) is 28.5. The van der Waals surface area contributed by atoms with Crippen LogP contribution in [0.5, 0.6) is 0 Å². The fourth-order valence-corrected chi connectivity index (χ4v) is 6.06. The highest BCUT2D eigenvalue weighted by Crippen LogP contribution is 2.43. The van der Waals surface area contributed by atoms with E-state index in [2.05, 4.69) is 67.0 Å². The Morgan fingerprint density at radius 2 is 1.17 bits per heavy atom. The first kappa shape index (κ1) is 55.1. The Bertz CT molecular complexity index is 1250. The predicted molar refractivity (Wildman–Crippen MR) is 234 cm³/mol. The van der Waals surface area contributed by atoms with Crippen LogP contribution < -0.4 is 0 Å². The number of allylic oxidation sites excluding steroid dienone is 12. The number of phosphoric acid groups is 1. The first-order valence-corrected chi connectivity index (χ1v) is 23.1. The lowest BCUT2D eigenvalue weighted by atomic mass is 10.1. The standard InChI is InChI=1S/C46H77O11P/c1-3-5-7-9-11-13-15-17-18-20-22-24-26-28-32-37-46(51)57-44(41-56-58(52,53)55-39-43(49)38-47)40-54-45(50)36-33-29-31-35-42(48)34-30-27-25-23-21-19-16-14-12-10-8-6-4-2/h6,8,12,14,17-19,21,25,27,29-31,34,42-44,47-49H,3-5,7,9-11,13,15-16,20,22-24,26,28,32-33,35-41H2,1-2H3,(H,52,53)/b8-6-,14-12-,18-17-,21-19-,27-25-,31-29-,34-30-/t42?,43-,44+/m0/s1. The summed E-state index contributed by atoms with van der Waals surface area (Å²) in [6.45, 7) is 2.03. The lowest BCUT2D eigenvalue weighted by molar-refractivity contribution is -0.161. The van der Waals surface area contributed by atoms with Crippen LogP contribution in [0.25, 0.3) is 0 Å². The third-order valence-electron chi connectivity index (χ3n) is 8.63. The van der Waals surface area contributed by atoms with Crippen molar-refractivity contribution in [2.24, 2.45) is 0 Å². The largest absolute Gasteiger partial charge is 0.472 e. The molecule has 0 radical (unpaired) electrons. The minimum Gasteiger partial charge on any atom is -0.462 e. The van der Waals surface area contributed by atoms with Gasteiger partial charge < -0.3 is 29.7 Å². The summed E-state index contributed by atoms with van der Waals surface area (Å²) in [5.74, 6) is -1.12. The summed E-state index contributed by atoms with van der Waals surface area (Å²) in [6, 6.07) is 0. The number of hydrogen-bond donors (Lipinski definition) is 4. The molecule has 12 heteroatoms. The maximum Gasteiger partial charge on any atom is 0.472 e. The third-order valence-corrected chi connectivity index (χ3v) is 9.58. The Morgan fingerprint density at radius 3 is 1.81 bits per heavy atom. The minimum atomic E-state index is -4.66. The van der Waals surface area contributed by atoms with E-state index in [0.717, 1.165) is 64.2 Å². The van der Waals surface area contributed by atoms with Crippen molar-refractivity contribution in [2.45, 2.75) is 167 Å². The molecule has 332 valence electrons. The Morgan fingerprint density at radius 1 is 0.603 bits per heavy atom. The lowest BCUT2D eigenvalue weighted by Gasteiger charge is -2.20. The van der Waals surface area contributed by atoms with Gasteiger partial charge in [-0.25, -0.2) is 4.57 Å². The summed E-state index contributed by atoms with van der Waals surface area (Å²) >= 11 is 0. The molecule has 0 bridgehead atoms. The molecule has 11 nitrogen and oxygen atoms in total. The van der Waals surface area contributed by atoms with Gasteiger partial charge in [0.2, 0.25) is 0 Å². The fraction of sp³-hybridized carbons (Fsp3) is 0.652. The average molecular weight is 837 g/mol. The summed E-state index contributed by atoms with van der Waals surface area (Å²) < 4.78 is 32.5. The molecule has 4 atom stereocenters. The van der Waals surface area contributed by atoms with Crippen LogP contribution in [0.1, 0.15) is 149 Å². The smallest absolute Gasteiger partial charge is 0.462 e. The van der Waals surface area contributed by atoms with Gasteiger partial charge in [-0.3, -0.25) is 18.6 Å². The van der Waals surface area contributed by atoms with Gasteiger partial charge in [0.25, 0.3) is 0 Å². The quantitative estimate of drug-likeness (QED) is 0.0153. The first-order chi connectivity index (χ1) is 28.1. The highest BCUT2D eigenvalue weighted by Gasteiger charge is 2.27. The monoisotopic (exact) mass is 837 g/mol. The molecular weight excluding hydrogens is 759 g/mol. The SMILES string of the molecule is CC/C=C\C/C=C\C/C=C\C/C=C\C=C/C(O)C/C=C\CCC(=O)OC[C@H](COP(=O)(O)OC[C@@H](O)CO)OC(=O)CCCCCCC/C=C\CCCCCCCC. The van der Waals surface area contributed by atoms with E-state index in [4.69, 9.17) is 19.1 Å². The molecule has 2 unspecified atom stereocenters. The van der Waals surface area contributed by atoms with Gasteiger partial charge in [0.05, 0.1) is 25.9 Å². The fourth-order valence-electron chi connectivity index (χ4n) is 5.27. The summed E-state index contributed by atoms with van der Waals surface area (Å²) in [6.07, 6.45) is 44.4. The van der Waals surface area contributed by atoms with E-state index in [0.29, 0.717) is 19.3 Å². The summed E-state index contributed by atoms with van der Waals surface area (Å²) in [5.41, 5.74) is 0. The molecule has 0 saturated heterocycles. The number of rotatable bonds is 39. The number of aliphatic hydroxyl groups excluding tert-OH is 3. The van der Waals surface area contributed by atoms with Crippen LogP contribution in [0, 0.1) is 0 Å². The molecule has 0 spiro atoms. The van der Waals surface area contributed by atoms with Crippen LogP contribution in [0.15, 0.2) is 85.1 Å². The van der Waals surface area contributed by atoms with E-state index in [1.807, 2.05) is 12.2 Å². The van der Waals surface area contributed by atoms with Crippen molar-refractivity contribution >= 4 is 19.8 Å². The van der Waals surface area contributed by atoms with Crippen LogP contribution in [0.2, 0.25) is 0 Å². The van der Waals surface area contributed by atoms with Crippen molar-refractivity contribution in [2.75, 3.05) is 26.4 Å². The number of esters is 2. The number of carbonyl (C=O) groups excluding carboxylic acids is 2. The van der Waals surface area contributed by atoms with Crippen LogP contribution in [0.4, 0.5) is 0 Å². The van der Waals surface area contributed by atoms with Gasteiger partial charge in [-0.2, -0.15) is 0 Å². The first-order valence-electron chi connectivity index (χ1n) is 21.7. The van der Waals surface area contributed by atoms with Crippen LogP contribution >= 0.6 is 7.82 Å². The van der Waals surface area contributed by atoms with E-state index in [1.54, 1.807) is 24.3 Å². The van der Waals surface area contributed by atoms with Crippen molar-refractivity contribution in [3.63, 3.8) is 0 Å². The average Bonchev–Trinajstić information content (AvgIpc) is 3.21. The molecule has 0 heterocycles. The van der Waals surface area contributed by atoms with Gasteiger partial charge in [-0.05, 0) is 70.6 Å². The lowest BCUT2D eigenvalue weighted by Crippen LogP contribution is -2.29. The predicted octanol–water partition coefficient (Wildman–Crippen LogP) is 10.4. The molecule has 58 heavy (non-hydrogen) atoms. The molecule has 0 aliphatic rings. The number of unbranched alkanes of at least 4 members (excludes halogenated alkanes) is 11. The highest BCUT2D eigenvalue weighted by molar-refractivity contribution is 7.47.